The Labute approximate surface area is 99.2 Å². The topological polar surface area (TPSA) is 44.5 Å². The maximum Gasteiger partial charge on any atom is 0.0208 e. The Bertz CT molecular complexity index is 203. The highest BCUT2D eigenvalue weighted by molar-refractivity contribution is 4.83. The summed E-state index contributed by atoms with van der Waals surface area (Å²) in [5.74, 6) is 0.702. The molecule has 0 aromatic heterocycles. The van der Waals surface area contributed by atoms with Crippen molar-refractivity contribution < 1.29 is 0 Å². The molecule has 2 heterocycles. The first kappa shape index (κ1) is 12.3. The van der Waals surface area contributed by atoms with Gasteiger partial charge in [-0.25, -0.2) is 0 Å². The molecule has 0 amide bonds. The van der Waals surface area contributed by atoms with Crippen LogP contribution in [0, 0.1) is 5.92 Å². The summed E-state index contributed by atoms with van der Waals surface area (Å²) >= 11 is 0. The van der Waals surface area contributed by atoms with E-state index in [1.165, 1.54) is 25.9 Å². The smallest absolute Gasteiger partial charge is 0.0208 e. The number of hydrogen-bond donors (Lipinski definition) is 2. The molecule has 2 atom stereocenters. The molecule has 0 aromatic rings. The number of rotatable bonds is 3. The fourth-order valence-corrected chi connectivity index (χ4v) is 2.90. The summed E-state index contributed by atoms with van der Waals surface area (Å²) in [6, 6.07) is 0.362. The van der Waals surface area contributed by atoms with Gasteiger partial charge in [-0.15, -0.1) is 0 Å². The average Bonchev–Trinajstić information content (AvgIpc) is 2.30. The number of likely N-dealkylation sites (tertiary alicyclic amines) is 1. The maximum atomic E-state index is 6.35. The van der Waals surface area contributed by atoms with Gasteiger partial charge in [0.1, 0.15) is 0 Å². The highest BCUT2D eigenvalue weighted by Gasteiger charge is 2.25. The number of nitrogens with one attached hydrogen (secondary N) is 1. The van der Waals surface area contributed by atoms with Gasteiger partial charge in [0.05, 0.1) is 0 Å². The van der Waals surface area contributed by atoms with Crippen LogP contribution in [-0.4, -0.2) is 68.7 Å². The molecule has 0 aromatic carbocycles. The van der Waals surface area contributed by atoms with Gasteiger partial charge >= 0.3 is 0 Å². The van der Waals surface area contributed by atoms with Gasteiger partial charge in [-0.1, -0.05) is 0 Å². The van der Waals surface area contributed by atoms with Crippen molar-refractivity contribution >= 4 is 0 Å². The van der Waals surface area contributed by atoms with Crippen LogP contribution in [0.4, 0.5) is 0 Å². The van der Waals surface area contributed by atoms with Gasteiger partial charge in [-0.3, -0.25) is 4.90 Å². The number of hydrogen-bond acceptors (Lipinski definition) is 4. The van der Waals surface area contributed by atoms with Gasteiger partial charge in [0, 0.05) is 45.3 Å². The van der Waals surface area contributed by atoms with Crippen molar-refractivity contribution in [2.45, 2.75) is 18.9 Å². The largest absolute Gasteiger partial charge is 0.326 e. The van der Waals surface area contributed by atoms with Gasteiger partial charge in [0.15, 0.2) is 0 Å². The molecule has 2 fully saturated rings. The van der Waals surface area contributed by atoms with Crippen LogP contribution in [0.3, 0.4) is 0 Å². The first-order valence-electron chi connectivity index (χ1n) is 6.63. The lowest BCUT2D eigenvalue weighted by atomic mass is 9.91. The molecule has 2 rings (SSSR count). The molecular weight excluding hydrogens is 200 g/mol. The van der Waals surface area contributed by atoms with Crippen molar-refractivity contribution in [1.29, 1.82) is 0 Å². The fourth-order valence-electron chi connectivity index (χ4n) is 2.90. The molecule has 4 heteroatoms. The molecule has 2 unspecified atom stereocenters. The fraction of sp³-hybridized carbons (Fsp3) is 1.00. The molecule has 4 nitrogen and oxygen atoms in total. The Hall–Kier alpha value is -0.160. The second-order valence-corrected chi connectivity index (χ2v) is 5.38. The van der Waals surface area contributed by atoms with Crippen LogP contribution in [0.15, 0.2) is 0 Å². The summed E-state index contributed by atoms with van der Waals surface area (Å²) in [6.07, 6.45) is 2.63. The second-order valence-electron chi connectivity index (χ2n) is 5.38. The van der Waals surface area contributed by atoms with Gasteiger partial charge in [0.2, 0.25) is 0 Å². The van der Waals surface area contributed by atoms with Crippen LogP contribution in [0.5, 0.6) is 0 Å². The van der Waals surface area contributed by atoms with E-state index < -0.39 is 0 Å². The van der Waals surface area contributed by atoms with E-state index in [0.717, 1.165) is 32.7 Å². The molecule has 2 aliphatic heterocycles. The Morgan fingerprint density at radius 1 is 1.31 bits per heavy atom. The van der Waals surface area contributed by atoms with Gasteiger partial charge in [-0.05, 0) is 32.4 Å². The first-order valence-corrected chi connectivity index (χ1v) is 6.63. The lowest BCUT2D eigenvalue weighted by Gasteiger charge is -2.36. The summed E-state index contributed by atoms with van der Waals surface area (Å²) in [4.78, 5) is 4.93. The van der Waals surface area contributed by atoms with Crippen molar-refractivity contribution in [3.8, 4) is 0 Å². The Morgan fingerprint density at radius 2 is 2.06 bits per heavy atom. The molecule has 2 aliphatic rings. The molecule has 0 radical (unpaired) electrons. The molecule has 0 bridgehead atoms. The highest BCUT2D eigenvalue weighted by Crippen LogP contribution is 2.18. The number of piperazine rings is 1. The van der Waals surface area contributed by atoms with Crippen LogP contribution in [0.1, 0.15) is 12.8 Å². The van der Waals surface area contributed by atoms with E-state index in [0.29, 0.717) is 12.0 Å². The highest BCUT2D eigenvalue weighted by atomic mass is 15.2. The van der Waals surface area contributed by atoms with E-state index in [2.05, 4.69) is 22.2 Å². The van der Waals surface area contributed by atoms with E-state index >= 15 is 0 Å². The van der Waals surface area contributed by atoms with Gasteiger partial charge in [0.25, 0.3) is 0 Å². The molecular formula is C12H26N4. The predicted molar refractivity (Wildman–Crippen MR) is 67.5 cm³/mol. The number of nitrogens with zero attached hydrogens (tertiary/aromatic N) is 2. The molecule has 3 N–H and O–H groups in total. The standard InChI is InChI=1S/C12H26N4/c1-15-6-2-3-11(9-15)12(13)10-16-7-4-14-5-8-16/h11-12,14H,2-10,13H2,1H3. The lowest BCUT2D eigenvalue weighted by molar-refractivity contribution is 0.151. The zero-order chi connectivity index (χ0) is 11.4. The van der Waals surface area contributed by atoms with E-state index in [-0.39, 0.29) is 0 Å². The monoisotopic (exact) mass is 226 g/mol. The van der Waals surface area contributed by atoms with Gasteiger partial charge < -0.3 is 16.0 Å². The zero-order valence-corrected chi connectivity index (χ0v) is 10.5. The van der Waals surface area contributed by atoms with Crippen molar-refractivity contribution in [3.05, 3.63) is 0 Å². The predicted octanol–water partition coefficient (Wildman–Crippen LogP) is -0.439. The Balaban J connectivity index is 1.75. The summed E-state index contributed by atoms with van der Waals surface area (Å²) in [7, 11) is 2.21. The minimum Gasteiger partial charge on any atom is -0.326 e. The lowest BCUT2D eigenvalue weighted by Crippen LogP contribution is -2.52. The molecule has 94 valence electrons. The van der Waals surface area contributed by atoms with Crippen LogP contribution >= 0.6 is 0 Å². The first-order chi connectivity index (χ1) is 7.75. The summed E-state index contributed by atoms with van der Waals surface area (Å²) in [6.45, 7) is 8.09. The SMILES string of the molecule is CN1CCCC(C(N)CN2CCNCC2)C1. The summed E-state index contributed by atoms with van der Waals surface area (Å²) in [5.41, 5.74) is 6.35. The number of nitrogens with two attached hydrogens (primary N) is 1. The van der Waals surface area contributed by atoms with E-state index in [1.807, 2.05) is 0 Å². The number of piperidine rings is 1. The molecule has 0 spiro atoms. The normalized spacial score (nSPS) is 31.5. The van der Waals surface area contributed by atoms with E-state index in [1.54, 1.807) is 0 Å². The Morgan fingerprint density at radius 3 is 2.75 bits per heavy atom. The van der Waals surface area contributed by atoms with Crippen LogP contribution < -0.4 is 11.1 Å². The summed E-state index contributed by atoms with van der Waals surface area (Å²) in [5, 5.41) is 3.38. The third-order valence-corrected chi connectivity index (χ3v) is 3.95. The molecule has 0 aliphatic carbocycles. The quantitative estimate of drug-likeness (QED) is 0.685. The van der Waals surface area contributed by atoms with Crippen molar-refractivity contribution in [2.75, 3.05) is 52.9 Å². The Kier molecular flexibility index (Phi) is 4.58. The van der Waals surface area contributed by atoms with E-state index in [4.69, 9.17) is 5.73 Å². The average molecular weight is 226 g/mol. The third-order valence-electron chi connectivity index (χ3n) is 3.95. The zero-order valence-electron chi connectivity index (χ0n) is 10.5. The molecule has 0 saturated carbocycles. The maximum absolute atomic E-state index is 6.35. The summed E-state index contributed by atoms with van der Waals surface area (Å²) < 4.78 is 0. The van der Waals surface area contributed by atoms with Crippen LogP contribution in [0.25, 0.3) is 0 Å². The third kappa shape index (κ3) is 3.42. The van der Waals surface area contributed by atoms with Crippen LogP contribution in [-0.2, 0) is 0 Å². The van der Waals surface area contributed by atoms with Crippen molar-refractivity contribution in [3.63, 3.8) is 0 Å². The minimum atomic E-state index is 0.362. The van der Waals surface area contributed by atoms with E-state index in [9.17, 15) is 0 Å². The van der Waals surface area contributed by atoms with Gasteiger partial charge in [-0.2, -0.15) is 0 Å². The molecule has 16 heavy (non-hydrogen) atoms. The van der Waals surface area contributed by atoms with Crippen LogP contribution in [0.2, 0.25) is 0 Å². The minimum absolute atomic E-state index is 0.362. The molecule has 2 saturated heterocycles. The van der Waals surface area contributed by atoms with Crippen molar-refractivity contribution in [2.24, 2.45) is 11.7 Å². The van der Waals surface area contributed by atoms with Crippen molar-refractivity contribution in [1.82, 2.24) is 15.1 Å². The second kappa shape index (κ2) is 5.96.